The molecule has 0 saturated heterocycles. The average molecular weight is 567 g/mol. The lowest BCUT2D eigenvalue weighted by Gasteiger charge is -2.42. The number of ether oxygens (including phenoxy) is 2. The van der Waals surface area contributed by atoms with Crippen LogP contribution in [0.3, 0.4) is 0 Å². The van der Waals surface area contributed by atoms with E-state index >= 15 is 0 Å². The van der Waals surface area contributed by atoms with Crippen molar-refractivity contribution in [2.24, 2.45) is 0 Å². The second kappa shape index (κ2) is 11.6. The molecule has 2 heterocycles. The van der Waals surface area contributed by atoms with Crippen molar-refractivity contribution in [1.82, 2.24) is 9.88 Å². The largest absolute Gasteiger partial charge is 0.541 e. The SMILES string of the molecule is CCOC(=O)Oc1c2c(c(O[Si](C(C)C)(C(C)C)C(C)C)c3ncc(Cc4ccc(F)cc4)cc13)C(=O)N(C)C2. The van der Waals surface area contributed by atoms with Gasteiger partial charge in [-0.3, -0.25) is 9.78 Å². The van der Waals surface area contributed by atoms with E-state index in [9.17, 15) is 14.0 Å². The molecular formula is C31H39FN2O5Si. The summed E-state index contributed by atoms with van der Waals surface area (Å²) >= 11 is 0. The van der Waals surface area contributed by atoms with Gasteiger partial charge in [-0.2, -0.15) is 0 Å². The molecule has 3 aromatic rings. The van der Waals surface area contributed by atoms with Crippen LogP contribution in [0.25, 0.3) is 10.9 Å². The Morgan fingerprint density at radius 3 is 2.23 bits per heavy atom. The highest BCUT2D eigenvalue weighted by atomic mass is 28.4. The van der Waals surface area contributed by atoms with Gasteiger partial charge in [0.05, 0.1) is 18.7 Å². The number of carbonyl (C=O) groups excluding carboxylic acids is 2. The summed E-state index contributed by atoms with van der Waals surface area (Å²) in [4.78, 5) is 32.6. The van der Waals surface area contributed by atoms with Gasteiger partial charge in [0.1, 0.15) is 22.8 Å². The van der Waals surface area contributed by atoms with Crippen molar-refractivity contribution in [3.8, 4) is 11.5 Å². The fourth-order valence-electron chi connectivity index (χ4n) is 6.18. The van der Waals surface area contributed by atoms with Crippen LogP contribution in [0.1, 0.15) is 75.5 Å². The Morgan fingerprint density at radius 2 is 1.65 bits per heavy atom. The Morgan fingerprint density at radius 1 is 1.02 bits per heavy atom. The highest BCUT2D eigenvalue weighted by Gasteiger charge is 2.49. The minimum absolute atomic E-state index is 0.151. The van der Waals surface area contributed by atoms with Crippen LogP contribution in [-0.4, -0.2) is 43.9 Å². The molecular weight excluding hydrogens is 527 g/mol. The summed E-state index contributed by atoms with van der Waals surface area (Å²) in [5.41, 5.74) is 4.01. The number of hydrogen-bond donors (Lipinski definition) is 0. The normalized spacial score (nSPS) is 13.5. The summed E-state index contributed by atoms with van der Waals surface area (Å²) in [7, 11) is -0.782. The topological polar surface area (TPSA) is 78.0 Å². The van der Waals surface area contributed by atoms with Crippen molar-refractivity contribution in [3.63, 3.8) is 0 Å². The molecule has 2 aromatic carbocycles. The van der Waals surface area contributed by atoms with E-state index in [0.29, 0.717) is 34.2 Å². The second-order valence-electron chi connectivity index (χ2n) is 11.4. The molecule has 1 aliphatic rings. The molecule has 1 aromatic heterocycles. The van der Waals surface area contributed by atoms with Gasteiger partial charge in [-0.15, -0.1) is 0 Å². The third-order valence-electron chi connectivity index (χ3n) is 7.92. The van der Waals surface area contributed by atoms with Crippen LogP contribution in [0.5, 0.6) is 11.5 Å². The van der Waals surface area contributed by atoms with Gasteiger partial charge in [-0.1, -0.05) is 53.7 Å². The molecule has 0 saturated carbocycles. The van der Waals surface area contributed by atoms with E-state index in [1.54, 1.807) is 37.2 Å². The molecule has 9 heteroatoms. The third-order valence-corrected chi connectivity index (χ3v) is 13.9. The fraction of sp³-hybridized carbons (Fsp3) is 0.452. The number of halogens is 1. The zero-order valence-corrected chi connectivity index (χ0v) is 25.6. The van der Waals surface area contributed by atoms with Gasteiger partial charge in [0.2, 0.25) is 0 Å². The van der Waals surface area contributed by atoms with Gasteiger partial charge in [0, 0.05) is 24.2 Å². The first-order valence-corrected chi connectivity index (χ1v) is 16.1. The Balaban J connectivity index is 2.00. The van der Waals surface area contributed by atoms with Gasteiger partial charge >= 0.3 is 6.16 Å². The smallest absolute Gasteiger partial charge is 0.513 e. The molecule has 1 amide bonds. The zero-order chi connectivity index (χ0) is 29.4. The van der Waals surface area contributed by atoms with E-state index in [4.69, 9.17) is 18.9 Å². The summed E-state index contributed by atoms with van der Waals surface area (Å²) in [6, 6.07) is 8.22. The number of rotatable bonds is 9. The summed E-state index contributed by atoms with van der Waals surface area (Å²) in [6.45, 7) is 15.3. The van der Waals surface area contributed by atoms with Gasteiger partial charge < -0.3 is 18.8 Å². The minimum atomic E-state index is -2.50. The Hall–Kier alpha value is -3.46. The van der Waals surface area contributed by atoms with Crippen molar-refractivity contribution < 1.29 is 27.9 Å². The first-order valence-electron chi connectivity index (χ1n) is 13.9. The molecule has 7 nitrogen and oxygen atoms in total. The maximum atomic E-state index is 13.6. The first-order chi connectivity index (χ1) is 18.9. The number of pyridine rings is 1. The average Bonchev–Trinajstić information content (AvgIpc) is 3.18. The molecule has 0 N–H and O–H groups in total. The van der Waals surface area contributed by atoms with Gasteiger partial charge in [0.25, 0.3) is 14.2 Å². The predicted octanol–water partition coefficient (Wildman–Crippen LogP) is 7.64. The molecule has 0 bridgehead atoms. The van der Waals surface area contributed by atoms with E-state index in [-0.39, 0.29) is 47.2 Å². The van der Waals surface area contributed by atoms with Crippen LogP contribution in [0, 0.1) is 5.82 Å². The molecule has 4 rings (SSSR count). The van der Waals surface area contributed by atoms with Gasteiger partial charge in [0.15, 0.2) is 0 Å². The second-order valence-corrected chi connectivity index (χ2v) is 16.8. The quantitative estimate of drug-likeness (QED) is 0.150. The molecule has 0 fully saturated rings. The van der Waals surface area contributed by atoms with Crippen LogP contribution >= 0.6 is 0 Å². The lowest BCUT2D eigenvalue weighted by atomic mass is 9.99. The molecule has 40 heavy (non-hydrogen) atoms. The van der Waals surface area contributed by atoms with Crippen molar-refractivity contribution >= 4 is 31.3 Å². The Kier molecular flexibility index (Phi) is 8.54. The Labute approximate surface area is 236 Å². The van der Waals surface area contributed by atoms with Gasteiger partial charge in [-0.05, 0) is 59.3 Å². The first kappa shape index (κ1) is 29.5. The predicted molar refractivity (Wildman–Crippen MR) is 156 cm³/mol. The fourth-order valence-corrected chi connectivity index (χ4v) is 11.4. The number of aromatic nitrogens is 1. The number of amides is 1. The summed E-state index contributed by atoms with van der Waals surface area (Å²) < 4.78 is 31.5. The van der Waals surface area contributed by atoms with Crippen LogP contribution in [0.2, 0.25) is 16.6 Å². The van der Waals surface area contributed by atoms with Crippen molar-refractivity contribution in [2.45, 2.75) is 78.1 Å². The van der Waals surface area contributed by atoms with E-state index in [2.05, 4.69) is 41.5 Å². The monoisotopic (exact) mass is 566 g/mol. The molecule has 214 valence electrons. The van der Waals surface area contributed by atoms with Crippen LogP contribution < -0.4 is 9.16 Å². The van der Waals surface area contributed by atoms with Crippen LogP contribution in [0.15, 0.2) is 36.5 Å². The number of nitrogens with zero attached hydrogens (tertiary/aromatic N) is 2. The number of benzene rings is 2. The number of hydrogen-bond acceptors (Lipinski definition) is 6. The van der Waals surface area contributed by atoms with Crippen LogP contribution in [0.4, 0.5) is 9.18 Å². The molecule has 0 aliphatic carbocycles. The molecule has 0 atom stereocenters. The molecule has 0 unspecified atom stereocenters. The molecule has 0 spiro atoms. The molecule has 0 radical (unpaired) electrons. The maximum absolute atomic E-state index is 13.6. The van der Waals surface area contributed by atoms with E-state index in [1.807, 2.05) is 6.07 Å². The maximum Gasteiger partial charge on any atom is 0.513 e. The van der Waals surface area contributed by atoms with E-state index in [0.717, 1.165) is 11.1 Å². The van der Waals surface area contributed by atoms with Gasteiger partial charge in [-0.25, -0.2) is 9.18 Å². The number of carbonyl (C=O) groups is 2. The minimum Gasteiger partial charge on any atom is -0.541 e. The standard InChI is InChI=1S/C31H39FN2O5Si/c1-9-37-31(36)38-28-24-15-22(14-21-10-12-23(32)13-11-21)16-33-27(24)29(26-25(28)17-34(8)30(26)35)39-40(18(2)3,19(4)5)20(6)7/h10-13,15-16,18-20H,9,14,17H2,1-8H3. The van der Waals surface area contributed by atoms with E-state index in [1.165, 1.54) is 12.1 Å². The van der Waals surface area contributed by atoms with Crippen molar-refractivity contribution in [1.29, 1.82) is 0 Å². The van der Waals surface area contributed by atoms with Crippen LogP contribution in [-0.2, 0) is 17.7 Å². The summed E-state index contributed by atoms with van der Waals surface area (Å²) in [6.07, 6.45) is 1.39. The van der Waals surface area contributed by atoms with Crippen molar-refractivity contribution in [3.05, 3.63) is 64.6 Å². The summed E-state index contributed by atoms with van der Waals surface area (Å²) in [5.74, 6) is 0.223. The summed E-state index contributed by atoms with van der Waals surface area (Å²) in [5, 5.41) is 0.573. The number of fused-ring (bicyclic) bond motifs is 2. The lowest BCUT2D eigenvalue weighted by molar-refractivity contribution is 0.0815. The third kappa shape index (κ3) is 5.31. The Bertz CT molecular complexity index is 1400. The molecule has 1 aliphatic heterocycles. The zero-order valence-electron chi connectivity index (χ0n) is 24.6. The lowest BCUT2D eigenvalue weighted by Crippen LogP contribution is -2.51. The van der Waals surface area contributed by atoms with E-state index < -0.39 is 14.5 Å². The highest BCUT2D eigenvalue weighted by molar-refractivity contribution is 6.78. The van der Waals surface area contributed by atoms with Crippen molar-refractivity contribution in [2.75, 3.05) is 13.7 Å². The highest BCUT2D eigenvalue weighted by Crippen LogP contribution is 2.49.